The van der Waals surface area contributed by atoms with Crippen molar-refractivity contribution in [3.05, 3.63) is 28.2 Å². The Kier molecular flexibility index (Phi) is 4.03. The molecule has 1 fully saturated rings. The molecule has 1 aromatic carbocycles. The van der Waals surface area contributed by atoms with Crippen LogP contribution in [0.4, 0.5) is 0 Å². The molecule has 0 unspecified atom stereocenters. The first-order valence-corrected chi connectivity index (χ1v) is 6.60. The summed E-state index contributed by atoms with van der Waals surface area (Å²) in [6.07, 6.45) is 4.13. The van der Waals surface area contributed by atoms with Crippen molar-refractivity contribution in [1.82, 2.24) is 0 Å². The van der Waals surface area contributed by atoms with E-state index in [9.17, 15) is 0 Å². The molecule has 0 radical (unpaired) electrons. The second kappa shape index (κ2) is 5.52. The molecule has 4 heteroatoms. The van der Waals surface area contributed by atoms with Gasteiger partial charge in [-0.15, -0.1) is 0 Å². The Morgan fingerprint density at radius 1 is 1.29 bits per heavy atom. The van der Waals surface area contributed by atoms with Crippen LogP contribution in [-0.2, 0) is 0 Å². The number of benzene rings is 1. The van der Waals surface area contributed by atoms with Crippen LogP contribution in [0.3, 0.4) is 0 Å². The van der Waals surface area contributed by atoms with Crippen LogP contribution in [0, 0.1) is 11.3 Å². The van der Waals surface area contributed by atoms with E-state index in [1.54, 1.807) is 6.07 Å². The molecule has 2 rings (SSSR count). The van der Waals surface area contributed by atoms with Crippen LogP contribution < -0.4 is 10.5 Å². The molecule has 0 saturated heterocycles. The Morgan fingerprint density at radius 2 is 2.00 bits per heavy atom. The Balaban J connectivity index is 2.08. The normalized spacial score (nSPS) is 24.1. The summed E-state index contributed by atoms with van der Waals surface area (Å²) in [7, 11) is 0. The first kappa shape index (κ1) is 12.4. The number of halogens is 1. The van der Waals surface area contributed by atoms with E-state index < -0.39 is 0 Å². The largest absolute Gasteiger partial charge is 0.489 e. The van der Waals surface area contributed by atoms with Crippen molar-refractivity contribution in [3.8, 4) is 11.8 Å². The summed E-state index contributed by atoms with van der Waals surface area (Å²) in [6.45, 7) is 0. The molecule has 90 valence electrons. The van der Waals surface area contributed by atoms with Crippen LogP contribution >= 0.6 is 15.9 Å². The van der Waals surface area contributed by atoms with Gasteiger partial charge in [0.2, 0.25) is 0 Å². The molecule has 1 saturated carbocycles. The smallest absolute Gasteiger partial charge is 0.138 e. The molecule has 1 aliphatic carbocycles. The Hall–Kier alpha value is -1.05. The molecular weight excluding hydrogens is 280 g/mol. The zero-order valence-corrected chi connectivity index (χ0v) is 11.1. The monoisotopic (exact) mass is 294 g/mol. The molecule has 3 nitrogen and oxygen atoms in total. The molecule has 0 amide bonds. The number of nitrogens with two attached hydrogens (primary N) is 1. The van der Waals surface area contributed by atoms with E-state index in [0.29, 0.717) is 17.4 Å². The van der Waals surface area contributed by atoms with E-state index in [-0.39, 0.29) is 6.10 Å². The SMILES string of the molecule is N#Cc1ccc(Br)cc1OC1CCC(N)CC1. The maximum atomic E-state index is 9.02. The van der Waals surface area contributed by atoms with Crippen molar-refractivity contribution >= 4 is 15.9 Å². The van der Waals surface area contributed by atoms with Crippen LogP contribution in [0.25, 0.3) is 0 Å². The summed E-state index contributed by atoms with van der Waals surface area (Å²) in [4.78, 5) is 0. The minimum absolute atomic E-state index is 0.191. The maximum Gasteiger partial charge on any atom is 0.138 e. The van der Waals surface area contributed by atoms with Crippen molar-refractivity contribution < 1.29 is 4.74 Å². The predicted molar refractivity (Wildman–Crippen MR) is 69.7 cm³/mol. The number of rotatable bonds is 2. The van der Waals surface area contributed by atoms with Gasteiger partial charge in [0, 0.05) is 10.5 Å². The molecule has 2 N–H and O–H groups in total. The molecule has 0 atom stereocenters. The lowest BCUT2D eigenvalue weighted by Gasteiger charge is -2.27. The molecule has 0 aromatic heterocycles. The van der Waals surface area contributed by atoms with Gasteiger partial charge in [0.25, 0.3) is 0 Å². The van der Waals surface area contributed by atoms with Crippen LogP contribution in [0.5, 0.6) is 5.75 Å². The van der Waals surface area contributed by atoms with Gasteiger partial charge in [-0.2, -0.15) is 5.26 Å². The fourth-order valence-electron chi connectivity index (χ4n) is 2.07. The molecule has 1 aromatic rings. The first-order valence-electron chi connectivity index (χ1n) is 5.81. The lowest BCUT2D eigenvalue weighted by molar-refractivity contribution is 0.146. The highest BCUT2D eigenvalue weighted by Crippen LogP contribution is 2.28. The quantitative estimate of drug-likeness (QED) is 0.912. The lowest BCUT2D eigenvalue weighted by Crippen LogP contribution is -2.31. The van der Waals surface area contributed by atoms with E-state index in [1.165, 1.54) is 0 Å². The van der Waals surface area contributed by atoms with E-state index >= 15 is 0 Å². The van der Waals surface area contributed by atoms with E-state index in [4.69, 9.17) is 15.7 Å². The van der Waals surface area contributed by atoms with Crippen LogP contribution in [0.1, 0.15) is 31.2 Å². The summed E-state index contributed by atoms with van der Waals surface area (Å²) in [6, 6.07) is 7.94. The average Bonchev–Trinajstić information content (AvgIpc) is 2.32. The number of nitrogens with zero attached hydrogens (tertiary/aromatic N) is 1. The third kappa shape index (κ3) is 3.21. The summed E-state index contributed by atoms with van der Waals surface area (Å²) in [5.41, 5.74) is 6.44. The van der Waals surface area contributed by atoms with Gasteiger partial charge in [-0.3, -0.25) is 0 Å². The number of nitriles is 1. The molecule has 1 aliphatic rings. The van der Waals surface area contributed by atoms with Crippen LogP contribution in [0.2, 0.25) is 0 Å². The van der Waals surface area contributed by atoms with Gasteiger partial charge in [0.05, 0.1) is 11.7 Å². The second-order valence-electron chi connectivity index (χ2n) is 4.41. The highest BCUT2D eigenvalue weighted by atomic mass is 79.9. The number of hydrogen-bond acceptors (Lipinski definition) is 3. The molecular formula is C13H15BrN2O. The summed E-state index contributed by atoms with van der Waals surface area (Å²) in [5, 5.41) is 9.02. The number of hydrogen-bond donors (Lipinski definition) is 1. The van der Waals surface area contributed by atoms with Crippen LogP contribution in [0.15, 0.2) is 22.7 Å². The fourth-order valence-corrected chi connectivity index (χ4v) is 2.41. The lowest BCUT2D eigenvalue weighted by atomic mass is 9.93. The zero-order valence-electron chi connectivity index (χ0n) is 9.53. The highest BCUT2D eigenvalue weighted by molar-refractivity contribution is 9.10. The fraction of sp³-hybridized carbons (Fsp3) is 0.462. The van der Waals surface area contributed by atoms with Gasteiger partial charge in [-0.25, -0.2) is 0 Å². The number of ether oxygens (including phenoxy) is 1. The van der Waals surface area contributed by atoms with Crippen molar-refractivity contribution in [2.24, 2.45) is 5.73 Å². The first-order chi connectivity index (χ1) is 8.19. The van der Waals surface area contributed by atoms with Crippen molar-refractivity contribution in [2.75, 3.05) is 0 Å². The molecule has 0 bridgehead atoms. The molecule has 0 aliphatic heterocycles. The molecule has 17 heavy (non-hydrogen) atoms. The van der Waals surface area contributed by atoms with Gasteiger partial charge in [-0.05, 0) is 43.9 Å². The van der Waals surface area contributed by atoms with Gasteiger partial charge in [0.15, 0.2) is 0 Å². The predicted octanol–water partition coefficient (Wildman–Crippen LogP) is 2.97. The van der Waals surface area contributed by atoms with E-state index in [1.807, 2.05) is 12.1 Å². The minimum atomic E-state index is 0.191. The average molecular weight is 295 g/mol. The third-order valence-electron chi connectivity index (χ3n) is 3.08. The summed E-state index contributed by atoms with van der Waals surface area (Å²) in [5.74, 6) is 0.669. The topological polar surface area (TPSA) is 59.0 Å². The molecule has 0 heterocycles. The Morgan fingerprint density at radius 3 is 2.65 bits per heavy atom. The Labute approximate surface area is 110 Å². The summed E-state index contributed by atoms with van der Waals surface area (Å²) < 4.78 is 6.83. The zero-order chi connectivity index (χ0) is 12.3. The van der Waals surface area contributed by atoms with Crippen LogP contribution in [-0.4, -0.2) is 12.1 Å². The van der Waals surface area contributed by atoms with Crippen molar-refractivity contribution in [1.29, 1.82) is 5.26 Å². The summed E-state index contributed by atoms with van der Waals surface area (Å²) >= 11 is 3.39. The van der Waals surface area contributed by atoms with E-state index in [0.717, 1.165) is 30.2 Å². The van der Waals surface area contributed by atoms with Gasteiger partial charge in [0.1, 0.15) is 11.8 Å². The third-order valence-corrected chi connectivity index (χ3v) is 3.57. The maximum absolute atomic E-state index is 9.02. The van der Waals surface area contributed by atoms with Crippen molar-refractivity contribution in [3.63, 3.8) is 0 Å². The second-order valence-corrected chi connectivity index (χ2v) is 5.32. The molecule has 0 spiro atoms. The minimum Gasteiger partial charge on any atom is -0.489 e. The standard InChI is InChI=1S/C13H15BrN2O/c14-10-2-1-9(8-15)13(7-10)17-12-5-3-11(16)4-6-12/h1-2,7,11-12H,3-6,16H2. The van der Waals surface area contributed by atoms with E-state index in [2.05, 4.69) is 22.0 Å². The highest BCUT2D eigenvalue weighted by Gasteiger charge is 2.20. The Bertz CT molecular complexity index is 434. The van der Waals surface area contributed by atoms with Gasteiger partial charge in [-0.1, -0.05) is 15.9 Å². The van der Waals surface area contributed by atoms with Crippen molar-refractivity contribution in [2.45, 2.75) is 37.8 Å². The van der Waals surface area contributed by atoms with Gasteiger partial charge >= 0.3 is 0 Å². The van der Waals surface area contributed by atoms with Gasteiger partial charge < -0.3 is 10.5 Å².